The molecule has 0 unspecified atom stereocenters. The zero-order valence-corrected chi connectivity index (χ0v) is 28.4. The molecule has 0 amide bonds. The normalized spacial score (nSPS) is 11.8. The zero-order chi connectivity index (χ0) is 34.5. The van der Waals surface area contributed by atoms with E-state index in [0.717, 1.165) is 67.3 Å². The van der Waals surface area contributed by atoms with Crippen molar-refractivity contribution in [2.75, 3.05) is 5.01 Å². The molecule has 0 fully saturated rings. The third kappa shape index (κ3) is 7.09. The number of hydrogen-bond acceptors (Lipinski definition) is 3. The van der Waals surface area contributed by atoms with Gasteiger partial charge in [0.25, 0.3) is 0 Å². The summed E-state index contributed by atoms with van der Waals surface area (Å²) >= 11 is 0. The summed E-state index contributed by atoms with van der Waals surface area (Å²) in [6.45, 7) is 8.55. The Bertz CT molecular complexity index is 2330. The van der Waals surface area contributed by atoms with Gasteiger partial charge in [0, 0.05) is 5.56 Å². The molecule has 7 aromatic carbocycles. The lowest BCUT2D eigenvalue weighted by Crippen LogP contribution is -2.25. The predicted molar refractivity (Wildman–Crippen MR) is 214 cm³/mol. The Hall–Kier alpha value is -6.29. The van der Waals surface area contributed by atoms with E-state index in [2.05, 4.69) is 154 Å². The highest BCUT2D eigenvalue weighted by Crippen LogP contribution is 2.32. The van der Waals surface area contributed by atoms with Crippen molar-refractivity contribution in [1.82, 2.24) is 0 Å². The van der Waals surface area contributed by atoms with Crippen molar-refractivity contribution >= 4 is 39.1 Å². The number of nitrogens with zero attached hydrogens (tertiary/aromatic N) is 2. The summed E-state index contributed by atoms with van der Waals surface area (Å²) in [5.41, 5.74) is 13.6. The van der Waals surface area contributed by atoms with Crippen molar-refractivity contribution in [2.45, 2.75) is 13.8 Å². The number of benzene rings is 7. The first kappa shape index (κ1) is 32.3. The largest absolute Gasteiger partial charge is 0.279 e. The highest BCUT2D eigenvalue weighted by Gasteiger charge is 2.10. The van der Waals surface area contributed by atoms with E-state index >= 15 is 0 Å². The molecule has 0 saturated heterocycles. The molecule has 0 heterocycles. The Kier molecular flexibility index (Phi) is 9.32. The van der Waals surface area contributed by atoms with Gasteiger partial charge in [-0.1, -0.05) is 146 Å². The van der Waals surface area contributed by atoms with Crippen LogP contribution in [-0.2, 0) is 0 Å². The number of fused-ring (bicyclic) bond motifs is 1. The molecule has 0 aromatic heterocycles. The molecule has 3 nitrogen and oxygen atoms in total. The molecular weight excluding hydrogens is 607 g/mol. The van der Waals surface area contributed by atoms with Gasteiger partial charge in [-0.05, 0) is 106 Å². The smallest absolute Gasteiger partial charge is 0.0712 e. The molecule has 0 aliphatic heterocycles. The van der Waals surface area contributed by atoms with Gasteiger partial charge in [0.15, 0.2) is 0 Å². The molecule has 0 aliphatic rings. The van der Waals surface area contributed by atoms with Crippen LogP contribution in [0.15, 0.2) is 188 Å². The van der Waals surface area contributed by atoms with Crippen molar-refractivity contribution in [3.05, 3.63) is 205 Å². The van der Waals surface area contributed by atoms with E-state index in [-0.39, 0.29) is 0 Å². The maximum absolute atomic E-state index is 6.48. The number of aryl methyl sites for hydroxylation is 1. The minimum atomic E-state index is 0.721. The van der Waals surface area contributed by atoms with Crippen molar-refractivity contribution in [3.63, 3.8) is 0 Å². The fraction of sp³-hybridized carbons (Fsp3) is 0.0426. The van der Waals surface area contributed by atoms with Gasteiger partial charge in [0.05, 0.1) is 22.8 Å². The van der Waals surface area contributed by atoms with Crippen molar-refractivity contribution in [1.29, 1.82) is 0 Å². The molecule has 0 saturated carbocycles. The van der Waals surface area contributed by atoms with Crippen LogP contribution in [-0.4, -0.2) is 5.71 Å². The molecule has 0 bridgehead atoms. The number of hydrogen-bond donors (Lipinski definition) is 1. The maximum Gasteiger partial charge on any atom is 0.0712 e. The summed E-state index contributed by atoms with van der Waals surface area (Å²) in [5, 5.41) is 4.13. The van der Waals surface area contributed by atoms with Gasteiger partial charge in [-0.25, -0.2) is 10.8 Å². The Labute approximate surface area is 295 Å². The fourth-order valence-electron chi connectivity index (χ4n) is 6.24. The van der Waals surface area contributed by atoms with Crippen LogP contribution in [0.3, 0.4) is 0 Å². The topological polar surface area (TPSA) is 41.6 Å². The number of rotatable bonds is 9. The molecule has 0 atom stereocenters. The maximum atomic E-state index is 6.48. The first-order valence-electron chi connectivity index (χ1n) is 16.9. The molecule has 0 aliphatic carbocycles. The number of allylic oxidation sites excluding steroid dienone is 2. The van der Waals surface area contributed by atoms with Gasteiger partial charge >= 0.3 is 0 Å². The summed E-state index contributed by atoms with van der Waals surface area (Å²) in [6.07, 6.45) is 2.14. The second kappa shape index (κ2) is 14.4. The summed E-state index contributed by atoms with van der Waals surface area (Å²) in [5.74, 6) is 6.48. The molecular formula is C47H39N3. The van der Waals surface area contributed by atoms with Crippen LogP contribution in [0.5, 0.6) is 0 Å². The standard InChI is InChI=1S/C47H39N3/c1-33-12-10-11-17-47(33)50(48)45-28-26-39(27-29-45)43-25-23-40-22-24-42(31-44(40)32-43)38-20-18-37(19-21-38)35(3)49-46(41-15-8-5-9-16-41)30-34(2)36-13-6-4-7-14-36/h4-32H,3,48H2,1-2H3/b34-30+,49-46+. The molecule has 2 N–H and O–H groups in total. The van der Waals surface area contributed by atoms with Crippen LogP contribution >= 0.6 is 0 Å². The third-order valence-electron chi connectivity index (χ3n) is 9.15. The predicted octanol–water partition coefficient (Wildman–Crippen LogP) is 12.1. The number of hydrazine groups is 1. The lowest BCUT2D eigenvalue weighted by Gasteiger charge is -2.21. The highest BCUT2D eigenvalue weighted by molar-refractivity contribution is 6.14. The van der Waals surface area contributed by atoms with E-state index in [1.807, 2.05) is 42.5 Å². The second-order valence-electron chi connectivity index (χ2n) is 12.6. The zero-order valence-electron chi connectivity index (χ0n) is 28.4. The van der Waals surface area contributed by atoms with Crippen LogP contribution in [0.4, 0.5) is 11.4 Å². The van der Waals surface area contributed by atoms with Crippen LogP contribution in [0.1, 0.15) is 29.2 Å². The SMILES string of the molecule is C=C(/N=C(\C=C(/C)c1ccccc1)c1ccccc1)c1ccc(-c2ccc3ccc(-c4ccc(N(N)c5ccccc5C)cc4)cc3c2)cc1. The molecule has 50 heavy (non-hydrogen) atoms. The molecule has 0 radical (unpaired) electrons. The van der Waals surface area contributed by atoms with Gasteiger partial charge in [0.2, 0.25) is 0 Å². The van der Waals surface area contributed by atoms with Crippen LogP contribution in [0.2, 0.25) is 0 Å². The van der Waals surface area contributed by atoms with E-state index in [9.17, 15) is 0 Å². The van der Waals surface area contributed by atoms with Crippen molar-refractivity contribution in [3.8, 4) is 22.3 Å². The minimum Gasteiger partial charge on any atom is -0.279 e. The minimum absolute atomic E-state index is 0.721. The summed E-state index contributed by atoms with van der Waals surface area (Å²) in [7, 11) is 0. The molecule has 242 valence electrons. The van der Waals surface area contributed by atoms with E-state index in [4.69, 9.17) is 10.8 Å². The molecule has 0 spiro atoms. The first-order chi connectivity index (χ1) is 24.4. The Morgan fingerprint density at radius 2 is 1.08 bits per heavy atom. The number of anilines is 2. The van der Waals surface area contributed by atoms with E-state index < -0.39 is 0 Å². The molecule has 3 heteroatoms. The molecule has 7 rings (SSSR count). The lowest BCUT2D eigenvalue weighted by molar-refractivity contribution is 1.07. The van der Waals surface area contributed by atoms with E-state index in [1.54, 1.807) is 5.01 Å². The highest BCUT2D eigenvalue weighted by atomic mass is 15.4. The van der Waals surface area contributed by atoms with Crippen molar-refractivity contribution < 1.29 is 0 Å². The van der Waals surface area contributed by atoms with Gasteiger partial charge in [-0.2, -0.15) is 0 Å². The van der Waals surface area contributed by atoms with Crippen LogP contribution < -0.4 is 10.9 Å². The third-order valence-corrected chi connectivity index (χ3v) is 9.15. The first-order valence-corrected chi connectivity index (χ1v) is 16.9. The van der Waals surface area contributed by atoms with E-state index in [1.165, 1.54) is 16.3 Å². The average Bonchev–Trinajstić information content (AvgIpc) is 3.18. The Morgan fingerprint density at radius 3 is 1.68 bits per heavy atom. The van der Waals surface area contributed by atoms with Gasteiger partial charge in [0.1, 0.15) is 0 Å². The number of nitrogens with two attached hydrogens (primary N) is 1. The molecule has 7 aromatic rings. The van der Waals surface area contributed by atoms with Gasteiger partial charge in [-0.3, -0.25) is 5.01 Å². The van der Waals surface area contributed by atoms with Gasteiger partial charge < -0.3 is 0 Å². The Balaban J connectivity index is 1.12. The average molecular weight is 646 g/mol. The van der Waals surface area contributed by atoms with Crippen LogP contribution in [0, 0.1) is 6.92 Å². The Morgan fingerprint density at radius 1 is 0.560 bits per heavy atom. The fourth-order valence-corrected chi connectivity index (χ4v) is 6.24. The lowest BCUT2D eigenvalue weighted by atomic mass is 9.97. The number of aliphatic imine (C=N–C) groups is 1. The van der Waals surface area contributed by atoms with Crippen molar-refractivity contribution in [2.24, 2.45) is 10.8 Å². The summed E-state index contributed by atoms with van der Waals surface area (Å²) in [6, 6.07) is 59.0. The summed E-state index contributed by atoms with van der Waals surface area (Å²) in [4.78, 5) is 5.03. The number of para-hydroxylation sites is 1. The monoisotopic (exact) mass is 645 g/mol. The second-order valence-corrected chi connectivity index (χ2v) is 12.6. The van der Waals surface area contributed by atoms with E-state index in [0.29, 0.717) is 0 Å². The van der Waals surface area contributed by atoms with Crippen LogP contribution in [0.25, 0.3) is 44.3 Å². The van der Waals surface area contributed by atoms with Gasteiger partial charge in [-0.15, -0.1) is 0 Å². The quantitative estimate of drug-likeness (QED) is 0.0964. The summed E-state index contributed by atoms with van der Waals surface area (Å²) < 4.78 is 0.